The molecule has 5 nitrogen and oxygen atoms in total. The van der Waals surface area contributed by atoms with Crippen molar-refractivity contribution in [3.05, 3.63) is 34.9 Å². The highest BCUT2D eigenvalue weighted by Gasteiger charge is 2.25. The predicted octanol–water partition coefficient (Wildman–Crippen LogP) is 1.38. The zero-order chi connectivity index (χ0) is 14.5. The maximum atomic E-state index is 11.6. The third-order valence-corrected chi connectivity index (χ3v) is 3.98. The van der Waals surface area contributed by atoms with Crippen molar-refractivity contribution in [3.8, 4) is 0 Å². The van der Waals surface area contributed by atoms with Gasteiger partial charge in [0.15, 0.2) is 0 Å². The van der Waals surface area contributed by atoms with Crippen molar-refractivity contribution in [2.75, 3.05) is 13.1 Å². The van der Waals surface area contributed by atoms with Gasteiger partial charge in [-0.1, -0.05) is 30.7 Å². The molecule has 1 atom stereocenters. The Morgan fingerprint density at radius 3 is 2.37 bits per heavy atom. The number of nitrogens with one attached hydrogen (secondary N) is 2. The van der Waals surface area contributed by atoms with E-state index in [1.807, 2.05) is 6.92 Å². The number of halogens is 1. The van der Waals surface area contributed by atoms with Gasteiger partial charge in [-0.05, 0) is 31.0 Å². The van der Waals surface area contributed by atoms with E-state index in [4.69, 9.17) is 11.6 Å². The lowest BCUT2D eigenvalue weighted by atomic mass is 9.97. The predicted molar refractivity (Wildman–Crippen MR) is 76.2 cm³/mol. The monoisotopic (exact) mass is 306 g/mol. The van der Waals surface area contributed by atoms with Crippen LogP contribution < -0.4 is 9.44 Å². The van der Waals surface area contributed by atoms with Gasteiger partial charge in [-0.15, -0.1) is 0 Å². The third-order valence-electron chi connectivity index (χ3n) is 2.61. The summed E-state index contributed by atoms with van der Waals surface area (Å²) in [5.74, 6) is 0. The quantitative estimate of drug-likeness (QED) is 0.712. The smallest absolute Gasteiger partial charge is 0.277 e. The molecular formula is C12H19ClN2O3S. The van der Waals surface area contributed by atoms with Gasteiger partial charge < -0.3 is 5.11 Å². The van der Waals surface area contributed by atoms with Gasteiger partial charge in [-0.2, -0.15) is 13.1 Å². The summed E-state index contributed by atoms with van der Waals surface area (Å²) in [7, 11) is -3.58. The first-order valence-corrected chi connectivity index (χ1v) is 7.85. The van der Waals surface area contributed by atoms with Crippen molar-refractivity contribution >= 4 is 21.8 Å². The summed E-state index contributed by atoms with van der Waals surface area (Å²) in [5, 5.41) is 10.8. The SMILES string of the molecule is CCCNS(=O)(=O)NCC(C)(O)c1ccc(Cl)cc1. The maximum absolute atomic E-state index is 11.6. The van der Waals surface area contributed by atoms with Gasteiger partial charge in [0, 0.05) is 18.1 Å². The largest absolute Gasteiger partial charge is 0.384 e. The fourth-order valence-corrected chi connectivity index (χ4v) is 2.61. The lowest BCUT2D eigenvalue weighted by molar-refractivity contribution is 0.0626. The van der Waals surface area contributed by atoms with E-state index in [2.05, 4.69) is 9.44 Å². The molecule has 0 radical (unpaired) electrons. The maximum Gasteiger partial charge on any atom is 0.277 e. The van der Waals surface area contributed by atoms with Gasteiger partial charge in [0.25, 0.3) is 10.2 Å². The summed E-state index contributed by atoms with van der Waals surface area (Å²) in [6.07, 6.45) is 0.703. The fraction of sp³-hybridized carbons (Fsp3) is 0.500. The van der Waals surface area contributed by atoms with E-state index in [0.717, 1.165) is 0 Å². The number of aliphatic hydroxyl groups is 1. The minimum Gasteiger partial charge on any atom is -0.384 e. The summed E-state index contributed by atoms with van der Waals surface area (Å²) in [4.78, 5) is 0. The normalized spacial score (nSPS) is 15.2. The van der Waals surface area contributed by atoms with Crippen molar-refractivity contribution in [2.45, 2.75) is 25.9 Å². The number of hydrogen-bond donors (Lipinski definition) is 3. The molecule has 0 amide bonds. The Balaban J connectivity index is 2.67. The van der Waals surface area contributed by atoms with Crippen LogP contribution in [-0.4, -0.2) is 26.6 Å². The van der Waals surface area contributed by atoms with Gasteiger partial charge >= 0.3 is 0 Å². The molecule has 0 aromatic heterocycles. The molecule has 0 fully saturated rings. The molecule has 0 bridgehead atoms. The van der Waals surface area contributed by atoms with E-state index in [1.165, 1.54) is 0 Å². The van der Waals surface area contributed by atoms with Gasteiger partial charge in [-0.25, -0.2) is 4.72 Å². The highest BCUT2D eigenvalue weighted by atomic mass is 35.5. The Kier molecular flexibility index (Phi) is 5.76. The van der Waals surface area contributed by atoms with Crippen molar-refractivity contribution in [3.63, 3.8) is 0 Å². The molecule has 0 heterocycles. The number of rotatable bonds is 7. The first kappa shape index (κ1) is 16.4. The molecule has 1 unspecified atom stereocenters. The van der Waals surface area contributed by atoms with Crippen LogP contribution in [0.2, 0.25) is 5.02 Å². The van der Waals surface area contributed by atoms with Gasteiger partial charge in [0.05, 0.1) is 0 Å². The highest BCUT2D eigenvalue weighted by molar-refractivity contribution is 7.87. The minimum atomic E-state index is -3.58. The Morgan fingerprint density at radius 1 is 1.26 bits per heavy atom. The van der Waals surface area contributed by atoms with E-state index in [9.17, 15) is 13.5 Å². The van der Waals surface area contributed by atoms with E-state index < -0.39 is 15.8 Å². The van der Waals surface area contributed by atoms with Crippen molar-refractivity contribution in [2.24, 2.45) is 0 Å². The number of hydrogen-bond acceptors (Lipinski definition) is 3. The molecule has 0 spiro atoms. The number of benzene rings is 1. The fourth-order valence-electron chi connectivity index (χ4n) is 1.43. The summed E-state index contributed by atoms with van der Waals surface area (Å²) < 4.78 is 27.8. The molecule has 0 aliphatic rings. The molecule has 0 saturated heterocycles. The molecular weight excluding hydrogens is 288 g/mol. The topological polar surface area (TPSA) is 78.4 Å². The Morgan fingerprint density at radius 2 is 1.84 bits per heavy atom. The zero-order valence-electron chi connectivity index (χ0n) is 11.0. The van der Waals surface area contributed by atoms with Crippen LogP contribution in [0.5, 0.6) is 0 Å². The second-order valence-electron chi connectivity index (χ2n) is 4.50. The van der Waals surface area contributed by atoms with Crippen molar-refractivity contribution in [1.82, 2.24) is 9.44 Å². The summed E-state index contributed by atoms with van der Waals surface area (Å²) in [6.45, 7) is 3.65. The van der Waals surface area contributed by atoms with Gasteiger partial charge in [0.1, 0.15) is 5.60 Å². The molecule has 108 valence electrons. The van der Waals surface area contributed by atoms with E-state index in [0.29, 0.717) is 23.6 Å². The van der Waals surface area contributed by atoms with Crippen molar-refractivity contribution < 1.29 is 13.5 Å². The van der Waals surface area contributed by atoms with E-state index in [1.54, 1.807) is 31.2 Å². The van der Waals surface area contributed by atoms with Gasteiger partial charge in [-0.3, -0.25) is 0 Å². The molecule has 0 aliphatic carbocycles. The van der Waals surface area contributed by atoms with E-state index >= 15 is 0 Å². The Hall–Kier alpha value is -0.660. The summed E-state index contributed by atoms with van der Waals surface area (Å²) in [5.41, 5.74) is -0.707. The highest BCUT2D eigenvalue weighted by Crippen LogP contribution is 2.21. The van der Waals surface area contributed by atoms with Crippen molar-refractivity contribution in [1.29, 1.82) is 0 Å². The molecule has 7 heteroatoms. The van der Waals surface area contributed by atoms with Crippen LogP contribution >= 0.6 is 11.6 Å². The molecule has 3 N–H and O–H groups in total. The lowest BCUT2D eigenvalue weighted by Crippen LogP contribution is -2.44. The van der Waals surface area contributed by atoms with Crippen LogP contribution in [0.3, 0.4) is 0 Å². The average Bonchev–Trinajstić information content (AvgIpc) is 2.35. The first-order valence-electron chi connectivity index (χ1n) is 5.99. The third kappa shape index (κ3) is 5.46. The lowest BCUT2D eigenvalue weighted by Gasteiger charge is -2.24. The van der Waals surface area contributed by atoms with Crippen LogP contribution in [0.15, 0.2) is 24.3 Å². The van der Waals surface area contributed by atoms with E-state index in [-0.39, 0.29) is 6.54 Å². The molecule has 1 rings (SSSR count). The minimum absolute atomic E-state index is 0.117. The van der Waals surface area contributed by atoms with Crippen LogP contribution in [0.1, 0.15) is 25.8 Å². The second kappa shape index (κ2) is 6.67. The van der Waals surface area contributed by atoms with Gasteiger partial charge in [0.2, 0.25) is 0 Å². The van der Waals surface area contributed by atoms with Crippen LogP contribution in [0.25, 0.3) is 0 Å². The Labute approximate surface area is 119 Å². The molecule has 1 aromatic carbocycles. The summed E-state index contributed by atoms with van der Waals surface area (Å²) >= 11 is 5.77. The molecule has 1 aromatic rings. The zero-order valence-corrected chi connectivity index (χ0v) is 12.6. The molecule has 0 saturated carbocycles. The molecule has 19 heavy (non-hydrogen) atoms. The Bertz CT molecular complexity index is 500. The molecule has 0 aliphatic heterocycles. The summed E-state index contributed by atoms with van der Waals surface area (Å²) in [6, 6.07) is 6.62. The van der Waals surface area contributed by atoms with Crippen LogP contribution in [0.4, 0.5) is 0 Å². The van der Waals surface area contributed by atoms with Crippen LogP contribution in [0, 0.1) is 0 Å². The average molecular weight is 307 g/mol. The van der Waals surface area contributed by atoms with Crippen LogP contribution in [-0.2, 0) is 15.8 Å². The standard InChI is InChI=1S/C12H19ClN2O3S/c1-3-8-14-19(17,18)15-9-12(2,16)10-4-6-11(13)7-5-10/h4-7,14-16H,3,8-9H2,1-2H3. The second-order valence-corrected chi connectivity index (χ2v) is 6.52. The first-order chi connectivity index (χ1) is 8.77.